The summed E-state index contributed by atoms with van der Waals surface area (Å²) in [5, 5.41) is 12.3. The zero-order valence-electron chi connectivity index (χ0n) is 7.25. The maximum Gasteiger partial charge on any atom is 0.265 e. The molecule has 1 atom stereocenters. The zero-order valence-corrected chi connectivity index (χ0v) is 7.25. The van der Waals surface area contributed by atoms with Gasteiger partial charge in [0.05, 0.1) is 0 Å². The van der Waals surface area contributed by atoms with E-state index in [2.05, 4.69) is 11.9 Å². The number of benzene rings is 1. The summed E-state index contributed by atoms with van der Waals surface area (Å²) in [4.78, 5) is 11.3. The molecule has 1 heterocycles. The highest BCUT2D eigenvalue weighted by Crippen LogP contribution is 2.36. The minimum atomic E-state index is -1.81. The van der Waals surface area contributed by atoms with E-state index in [1.165, 1.54) is 12.1 Å². The number of hydrogen-bond donors (Lipinski definition) is 2. The Morgan fingerprint density at radius 2 is 2.29 bits per heavy atom. The van der Waals surface area contributed by atoms with Gasteiger partial charge in [-0.25, -0.2) is 4.39 Å². The van der Waals surface area contributed by atoms with Crippen molar-refractivity contribution in [3.05, 3.63) is 42.2 Å². The fourth-order valence-electron chi connectivity index (χ4n) is 1.48. The first kappa shape index (κ1) is 8.90. The maximum absolute atomic E-state index is 12.9. The van der Waals surface area contributed by atoms with Gasteiger partial charge >= 0.3 is 0 Å². The van der Waals surface area contributed by atoms with Crippen LogP contribution >= 0.6 is 0 Å². The summed E-state index contributed by atoms with van der Waals surface area (Å²) in [6, 6.07) is 3.74. The van der Waals surface area contributed by atoms with Crippen molar-refractivity contribution >= 4 is 11.6 Å². The predicted octanol–water partition coefficient (Wildman–Crippen LogP) is 1.15. The monoisotopic (exact) mass is 193 g/mol. The van der Waals surface area contributed by atoms with E-state index in [-0.39, 0.29) is 5.56 Å². The van der Waals surface area contributed by atoms with Crippen molar-refractivity contribution in [2.24, 2.45) is 0 Å². The van der Waals surface area contributed by atoms with Gasteiger partial charge in [0.25, 0.3) is 5.91 Å². The Balaban J connectivity index is 2.67. The van der Waals surface area contributed by atoms with Gasteiger partial charge < -0.3 is 10.4 Å². The lowest BCUT2D eigenvalue weighted by atomic mass is 9.96. The first-order valence-corrected chi connectivity index (χ1v) is 4.05. The van der Waals surface area contributed by atoms with E-state index in [0.717, 1.165) is 12.1 Å². The Morgan fingerprint density at radius 3 is 2.93 bits per heavy atom. The van der Waals surface area contributed by atoms with E-state index in [1.807, 2.05) is 0 Å². The molecule has 4 heteroatoms. The summed E-state index contributed by atoms with van der Waals surface area (Å²) in [7, 11) is 0. The van der Waals surface area contributed by atoms with E-state index < -0.39 is 17.3 Å². The fraction of sp³-hybridized carbons (Fsp3) is 0.100. The van der Waals surface area contributed by atoms with Gasteiger partial charge in [-0.2, -0.15) is 0 Å². The molecule has 1 aliphatic rings. The number of nitrogens with one attached hydrogen (secondary N) is 1. The Hall–Kier alpha value is -1.68. The highest BCUT2D eigenvalue weighted by atomic mass is 19.1. The molecule has 0 bridgehead atoms. The van der Waals surface area contributed by atoms with Gasteiger partial charge in [-0.3, -0.25) is 4.79 Å². The number of fused-ring (bicyclic) bond motifs is 1. The molecule has 0 aliphatic carbocycles. The van der Waals surface area contributed by atoms with Crippen LogP contribution < -0.4 is 5.32 Å². The molecule has 1 amide bonds. The van der Waals surface area contributed by atoms with Crippen molar-refractivity contribution in [1.29, 1.82) is 0 Å². The molecule has 2 N–H and O–H groups in total. The molecule has 3 nitrogen and oxygen atoms in total. The molecule has 0 fully saturated rings. The third-order valence-electron chi connectivity index (χ3n) is 2.28. The van der Waals surface area contributed by atoms with Crippen LogP contribution in [0.5, 0.6) is 0 Å². The van der Waals surface area contributed by atoms with Crippen molar-refractivity contribution in [2.75, 3.05) is 5.32 Å². The summed E-state index contributed by atoms with van der Waals surface area (Å²) >= 11 is 0. The number of carbonyl (C=O) groups is 1. The standard InChI is InChI=1S/C10H8FNO2/c1-2-10(14)7-5-6(11)3-4-8(7)12-9(10)13/h2-5,14H,1H2,(H,12,13). The minimum Gasteiger partial charge on any atom is -0.372 e. The van der Waals surface area contributed by atoms with Gasteiger partial charge in [0.2, 0.25) is 0 Å². The SMILES string of the molecule is C=CC1(O)C(=O)Nc2ccc(F)cc21. The second-order valence-electron chi connectivity index (χ2n) is 3.11. The van der Waals surface area contributed by atoms with E-state index in [1.54, 1.807) is 0 Å². The van der Waals surface area contributed by atoms with Crippen LogP contribution in [0, 0.1) is 5.82 Å². The molecule has 2 rings (SSSR count). The number of carbonyl (C=O) groups excluding carboxylic acids is 1. The van der Waals surface area contributed by atoms with Crippen LogP contribution in [0.25, 0.3) is 0 Å². The van der Waals surface area contributed by atoms with Gasteiger partial charge in [-0.1, -0.05) is 6.58 Å². The van der Waals surface area contributed by atoms with Crippen LogP contribution in [0.15, 0.2) is 30.9 Å². The average Bonchev–Trinajstić information content (AvgIpc) is 2.41. The van der Waals surface area contributed by atoms with Gasteiger partial charge in [0, 0.05) is 11.3 Å². The first-order valence-electron chi connectivity index (χ1n) is 4.05. The molecule has 0 aromatic heterocycles. The summed E-state index contributed by atoms with van der Waals surface area (Å²) < 4.78 is 12.9. The second-order valence-corrected chi connectivity index (χ2v) is 3.11. The number of amides is 1. The number of aliphatic hydroxyl groups is 1. The van der Waals surface area contributed by atoms with Gasteiger partial charge in [-0.05, 0) is 24.3 Å². The molecular weight excluding hydrogens is 185 g/mol. The molecule has 72 valence electrons. The molecule has 0 saturated heterocycles. The average molecular weight is 193 g/mol. The maximum atomic E-state index is 12.9. The Labute approximate surface area is 79.9 Å². The predicted molar refractivity (Wildman–Crippen MR) is 49.1 cm³/mol. The van der Waals surface area contributed by atoms with Crippen LogP contribution in [0.2, 0.25) is 0 Å². The molecule has 0 radical (unpaired) electrons. The highest BCUT2D eigenvalue weighted by molar-refractivity contribution is 6.06. The van der Waals surface area contributed by atoms with Gasteiger partial charge in [0.15, 0.2) is 5.60 Å². The number of halogens is 1. The van der Waals surface area contributed by atoms with Crippen LogP contribution in [0.3, 0.4) is 0 Å². The van der Waals surface area contributed by atoms with E-state index >= 15 is 0 Å². The third-order valence-corrected chi connectivity index (χ3v) is 2.28. The molecule has 14 heavy (non-hydrogen) atoms. The smallest absolute Gasteiger partial charge is 0.265 e. The molecule has 1 aromatic carbocycles. The Morgan fingerprint density at radius 1 is 1.57 bits per heavy atom. The minimum absolute atomic E-state index is 0.206. The van der Waals surface area contributed by atoms with E-state index in [4.69, 9.17) is 0 Å². The Bertz CT molecular complexity index is 430. The van der Waals surface area contributed by atoms with Crippen LogP contribution in [0.4, 0.5) is 10.1 Å². The number of hydrogen-bond acceptors (Lipinski definition) is 2. The normalized spacial score (nSPS) is 24.3. The van der Waals surface area contributed by atoms with Crippen LogP contribution in [0.1, 0.15) is 5.56 Å². The van der Waals surface area contributed by atoms with Gasteiger partial charge in [0.1, 0.15) is 5.82 Å². The van der Waals surface area contributed by atoms with E-state index in [9.17, 15) is 14.3 Å². The molecular formula is C10H8FNO2. The molecule has 1 aromatic rings. The fourth-order valence-corrected chi connectivity index (χ4v) is 1.48. The van der Waals surface area contributed by atoms with Crippen LogP contribution in [-0.4, -0.2) is 11.0 Å². The van der Waals surface area contributed by atoms with Crippen LogP contribution in [-0.2, 0) is 10.4 Å². The largest absolute Gasteiger partial charge is 0.372 e. The second kappa shape index (κ2) is 2.65. The van der Waals surface area contributed by atoms with Crippen molar-refractivity contribution in [3.63, 3.8) is 0 Å². The van der Waals surface area contributed by atoms with Crippen molar-refractivity contribution < 1.29 is 14.3 Å². The Kier molecular flexibility index (Phi) is 1.69. The molecule has 0 spiro atoms. The van der Waals surface area contributed by atoms with Crippen molar-refractivity contribution in [3.8, 4) is 0 Å². The number of anilines is 1. The van der Waals surface area contributed by atoms with Crippen molar-refractivity contribution in [1.82, 2.24) is 0 Å². The zero-order chi connectivity index (χ0) is 10.3. The lowest BCUT2D eigenvalue weighted by Gasteiger charge is -2.14. The van der Waals surface area contributed by atoms with Gasteiger partial charge in [-0.15, -0.1) is 0 Å². The third kappa shape index (κ3) is 0.975. The summed E-state index contributed by atoms with van der Waals surface area (Å²) in [6.07, 6.45) is 1.09. The summed E-state index contributed by atoms with van der Waals surface area (Å²) in [5.74, 6) is -1.10. The van der Waals surface area contributed by atoms with Crippen molar-refractivity contribution in [2.45, 2.75) is 5.60 Å². The lowest BCUT2D eigenvalue weighted by molar-refractivity contribution is -0.129. The summed E-state index contributed by atoms with van der Waals surface area (Å²) in [5.41, 5.74) is -1.19. The lowest BCUT2D eigenvalue weighted by Crippen LogP contribution is -2.31. The molecule has 1 aliphatic heterocycles. The van der Waals surface area contributed by atoms with E-state index in [0.29, 0.717) is 5.69 Å². The highest BCUT2D eigenvalue weighted by Gasteiger charge is 2.42. The first-order chi connectivity index (χ1) is 6.58. The number of rotatable bonds is 1. The summed E-state index contributed by atoms with van der Waals surface area (Å²) in [6.45, 7) is 3.36. The molecule has 1 unspecified atom stereocenters. The quantitative estimate of drug-likeness (QED) is 0.657. The molecule has 0 saturated carbocycles. The topological polar surface area (TPSA) is 49.3 Å².